The van der Waals surface area contributed by atoms with Gasteiger partial charge >= 0.3 is 0 Å². The van der Waals surface area contributed by atoms with Crippen LogP contribution < -0.4 is 19.5 Å². The van der Waals surface area contributed by atoms with Gasteiger partial charge in [0.2, 0.25) is 0 Å². The lowest BCUT2D eigenvalue weighted by molar-refractivity contribution is 0.102. The fourth-order valence-corrected chi connectivity index (χ4v) is 4.18. The van der Waals surface area contributed by atoms with Crippen molar-refractivity contribution in [2.75, 3.05) is 26.1 Å². The molecule has 4 rings (SSSR count). The average Bonchev–Trinajstić information content (AvgIpc) is 3.42. The number of aromatic nitrogens is 1. The van der Waals surface area contributed by atoms with Crippen LogP contribution >= 0.6 is 11.3 Å². The molecule has 0 saturated carbocycles. The third-order valence-electron chi connectivity index (χ3n) is 4.89. The quantitative estimate of drug-likeness (QED) is 0.557. The molecule has 30 heavy (non-hydrogen) atoms. The first kappa shape index (κ1) is 20.0. The number of benzene rings is 2. The average molecular weight is 423 g/mol. The molecule has 0 saturated heterocycles. The molecule has 1 N–H and O–H groups in total. The van der Waals surface area contributed by atoms with Gasteiger partial charge in [0, 0.05) is 28.5 Å². The number of hydrogen-bond acceptors (Lipinski definition) is 6. The van der Waals surface area contributed by atoms with E-state index in [-0.39, 0.29) is 5.91 Å². The van der Waals surface area contributed by atoms with Gasteiger partial charge in [0.25, 0.3) is 5.91 Å². The molecule has 1 aliphatic heterocycles. The Morgan fingerprint density at radius 2 is 2.17 bits per heavy atom. The van der Waals surface area contributed by atoms with Crippen LogP contribution in [0.5, 0.6) is 17.2 Å². The van der Waals surface area contributed by atoms with Gasteiger partial charge in [-0.2, -0.15) is 0 Å². The molecular formula is C23H22N2O4S. The lowest BCUT2D eigenvalue weighted by Gasteiger charge is -2.14. The van der Waals surface area contributed by atoms with Crippen molar-refractivity contribution in [1.29, 1.82) is 0 Å². The second-order valence-electron chi connectivity index (χ2n) is 6.78. The molecule has 0 atom stereocenters. The zero-order valence-electron chi connectivity index (χ0n) is 16.9. The monoisotopic (exact) mass is 422 g/mol. The summed E-state index contributed by atoms with van der Waals surface area (Å²) in [5.74, 6) is 1.78. The number of amides is 1. The number of anilines is 1. The first-order valence-corrected chi connectivity index (χ1v) is 10.4. The zero-order valence-corrected chi connectivity index (χ0v) is 17.7. The zero-order chi connectivity index (χ0) is 21.1. The number of ether oxygens (including phenoxy) is 3. The number of methoxy groups -OCH3 is 2. The molecule has 0 aliphatic carbocycles. The molecule has 1 amide bonds. The third kappa shape index (κ3) is 3.89. The highest BCUT2D eigenvalue weighted by atomic mass is 32.1. The van der Waals surface area contributed by atoms with Gasteiger partial charge in [0.1, 0.15) is 5.75 Å². The Balaban J connectivity index is 1.56. The number of rotatable bonds is 7. The highest BCUT2D eigenvalue weighted by Gasteiger charge is 2.18. The number of nitrogens with one attached hydrogen (secondary N) is 1. The number of nitrogens with zero attached hydrogens (tertiary/aromatic N) is 1. The fourth-order valence-electron chi connectivity index (χ4n) is 3.46. The Kier molecular flexibility index (Phi) is 5.72. The van der Waals surface area contributed by atoms with Gasteiger partial charge in [-0.05, 0) is 42.3 Å². The van der Waals surface area contributed by atoms with Crippen molar-refractivity contribution >= 4 is 22.4 Å². The normalized spacial score (nSPS) is 12.1. The number of allylic oxidation sites excluding steroid dienone is 1. The van der Waals surface area contributed by atoms with Gasteiger partial charge in [-0.1, -0.05) is 6.08 Å². The van der Waals surface area contributed by atoms with Crippen molar-refractivity contribution < 1.29 is 19.0 Å². The Morgan fingerprint density at radius 3 is 2.93 bits per heavy atom. The smallest absolute Gasteiger partial charge is 0.257 e. The minimum atomic E-state index is -0.260. The summed E-state index contributed by atoms with van der Waals surface area (Å²) in [7, 11) is 3.12. The summed E-state index contributed by atoms with van der Waals surface area (Å²) in [6, 6.07) is 9.50. The maximum atomic E-state index is 12.9. The van der Waals surface area contributed by atoms with E-state index in [0.29, 0.717) is 28.6 Å². The van der Waals surface area contributed by atoms with E-state index in [1.165, 1.54) is 16.9 Å². The first-order valence-electron chi connectivity index (χ1n) is 9.51. The molecule has 7 heteroatoms. The topological polar surface area (TPSA) is 69.7 Å². The summed E-state index contributed by atoms with van der Waals surface area (Å²) in [6.07, 6.45) is 3.22. The van der Waals surface area contributed by atoms with Crippen molar-refractivity contribution in [3.8, 4) is 28.5 Å². The Hall–Kier alpha value is -3.32. The van der Waals surface area contributed by atoms with Crippen LogP contribution in [0.15, 0.2) is 48.4 Å². The largest absolute Gasteiger partial charge is 0.493 e. The maximum absolute atomic E-state index is 12.9. The lowest BCUT2D eigenvalue weighted by atomic mass is 10.0. The van der Waals surface area contributed by atoms with Crippen LogP contribution in [0.4, 0.5) is 5.13 Å². The molecule has 6 nitrogen and oxygen atoms in total. The van der Waals surface area contributed by atoms with Crippen LogP contribution in [0.3, 0.4) is 0 Å². The molecule has 1 aromatic heterocycles. The third-order valence-corrected chi connectivity index (χ3v) is 5.65. The second-order valence-corrected chi connectivity index (χ2v) is 7.63. The van der Waals surface area contributed by atoms with Gasteiger partial charge in [-0.25, -0.2) is 4.98 Å². The SMILES string of the molecule is C=CCc1cc(C(=O)Nc2nc(-c3ccc4c(c3)CCO4)cs2)cc(OC)c1OC. The van der Waals surface area contributed by atoms with Gasteiger partial charge < -0.3 is 14.2 Å². The van der Waals surface area contributed by atoms with Crippen molar-refractivity contribution in [2.24, 2.45) is 0 Å². The van der Waals surface area contributed by atoms with Crippen LogP contribution in [0, 0.1) is 0 Å². The van der Waals surface area contributed by atoms with Gasteiger partial charge in [0.05, 0.1) is 26.5 Å². The van der Waals surface area contributed by atoms with Crippen molar-refractivity contribution in [2.45, 2.75) is 12.8 Å². The predicted octanol–water partition coefficient (Wildman–Crippen LogP) is 4.74. The number of thiazole rings is 1. The molecule has 154 valence electrons. The molecule has 2 aromatic carbocycles. The Bertz CT molecular complexity index is 1110. The molecule has 2 heterocycles. The van der Waals surface area contributed by atoms with Gasteiger partial charge in [0.15, 0.2) is 16.6 Å². The summed E-state index contributed by atoms with van der Waals surface area (Å²) in [6.45, 7) is 4.49. The van der Waals surface area contributed by atoms with E-state index in [1.807, 2.05) is 17.5 Å². The van der Waals surface area contributed by atoms with Gasteiger partial charge in [-0.3, -0.25) is 10.1 Å². The lowest BCUT2D eigenvalue weighted by Crippen LogP contribution is -2.13. The predicted molar refractivity (Wildman–Crippen MR) is 118 cm³/mol. The molecular weight excluding hydrogens is 400 g/mol. The second kappa shape index (κ2) is 8.59. The Morgan fingerprint density at radius 1 is 1.30 bits per heavy atom. The summed E-state index contributed by atoms with van der Waals surface area (Å²) in [5, 5.41) is 5.35. The standard InChI is InChI=1S/C23H22N2O4S/c1-4-5-16-11-17(12-20(27-2)21(16)28-3)22(26)25-23-24-18(13-30-23)14-6-7-19-15(10-14)8-9-29-19/h4,6-7,10-13H,1,5,8-9H2,2-3H3,(H,24,25,26). The number of fused-ring (bicyclic) bond motifs is 1. The molecule has 1 aliphatic rings. The highest BCUT2D eigenvalue weighted by molar-refractivity contribution is 7.14. The molecule has 0 unspecified atom stereocenters. The molecule has 0 bridgehead atoms. The van der Waals surface area contributed by atoms with Crippen molar-refractivity contribution in [3.63, 3.8) is 0 Å². The number of hydrogen-bond donors (Lipinski definition) is 1. The summed E-state index contributed by atoms with van der Waals surface area (Å²) >= 11 is 1.39. The molecule has 3 aromatic rings. The minimum absolute atomic E-state index is 0.260. The fraction of sp³-hybridized carbons (Fsp3) is 0.217. The first-order chi connectivity index (χ1) is 14.6. The van der Waals surface area contributed by atoms with Crippen LogP contribution in [0.1, 0.15) is 21.5 Å². The molecule has 0 fully saturated rings. The van der Waals surface area contributed by atoms with Crippen LogP contribution in [-0.2, 0) is 12.8 Å². The summed E-state index contributed by atoms with van der Waals surface area (Å²) in [4.78, 5) is 17.4. The van der Waals surface area contributed by atoms with E-state index < -0.39 is 0 Å². The maximum Gasteiger partial charge on any atom is 0.257 e. The van der Waals surface area contributed by atoms with Crippen molar-refractivity contribution in [3.05, 3.63) is 65.1 Å². The van der Waals surface area contributed by atoms with Crippen LogP contribution in [0.2, 0.25) is 0 Å². The number of carbonyl (C=O) groups is 1. The Labute approximate surface area is 179 Å². The van der Waals surface area contributed by atoms with E-state index in [2.05, 4.69) is 22.9 Å². The van der Waals surface area contributed by atoms with E-state index in [4.69, 9.17) is 14.2 Å². The molecule has 0 spiro atoms. The summed E-state index contributed by atoms with van der Waals surface area (Å²) in [5.41, 5.74) is 4.32. The number of carbonyl (C=O) groups excluding carboxylic acids is 1. The minimum Gasteiger partial charge on any atom is -0.493 e. The van der Waals surface area contributed by atoms with Crippen molar-refractivity contribution in [1.82, 2.24) is 4.98 Å². The summed E-state index contributed by atoms with van der Waals surface area (Å²) < 4.78 is 16.4. The van der Waals surface area contributed by atoms with E-state index in [0.717, 1.165) is 35.6 Å². The molecule has 0 radical (unpaired) electrons. The van der Waals surface area contributed by atoms with Gasteiger partial charge in [-0.15, -0.1) is 17.9 Å². The highest BCUT2D eigenvalue weighted by Crippen LogP contribution is 2.34. The van der Waals surface area contributed by atoms with Crippen LogP contribution in [-0.4, -0.2) is 31.7 Å². The van der Waals surface area contributed by atoms with E-state index in [1.54, 1.807) is 32.4 Å². The van der Waals surface area contributed by atoms with E-state index in [9.17, 15) is 4.79 Å². The van der Waals surface area contributed by atoms with E-state index >= 15 is 0 Å². The van der Waals surface area contributed by atoms with Crippen LogP contribution in [0.25, 0.3) is 11.3 Å².